The fourth-order valence-electron chi connectivity index (χ4n) is 5.32. The van der Waals surface area contributed by atoms with Gasteiger partial charge in [0.1, 0.15) is 17.7 Å². The molecule has 5 unspecified atom stereocenters. The number of piperidine rings is 1. The van der Waals surface area contributed by atoms with Crippen LogP contribution in [0.1, 0.15) is 73.6 Å². The average Bonchev–Trinajstić information content (AvgIpc) is 3.41. The van der Waals surface area contributed by atoms with E-state index in [2.05, 4.69) is 17.2 Å². The highest BCUT2D eigenvalue weighted by atomic mass is 16.6. The first-order valence-electron chi connectivity index (χ1n) is 14.0. The quantitative estimate of drug-likeness (QED) is 0.258. The average molecular weight is 567 g/mol. The van der Waals surface area contributed by atoms with E-state index in [9.17, 15) is 29.4 Å². The van der Waals surface area contributed by atoms with E-state index in [0.29, 0.717) is 13.1 Å². The van der Waals surface area contributed by atoms with Crippen molar-refractivity contribution in [3.8, 4) is 0 Å². The van der Waals surface area contributed by atoms with E-state index in [1.807, 2.05) is 20.8 Å². The number of aliphatic carboxylic acids is 1. The number of hydrogen-bond donors (Lipinski definition) is 4. The zero-order valence-corrected chi connectivity index (χ0v) is 24.6. The number of rotatable bonds is 8. The minimum Gasteiger partial charge on any atom is -0.479 e. The Morgan fingerprint density at radius 2 is 1.70 bits per heavy atom. The minimum absolute atomic E-state index is 0.0247. The van der Waals surface area contributed by atoms with E-state index in [1.54, 1.807) is 25.7 Å². The number of carboxylic acid groups (broad SMARTS) is 1. The van der Waals surface area contributed by atoms with E-state index < -0.39 is 71.0 Å². The molecule has 0 aromatic carbocycles. The molecule has 1 saturated carbocycles. The largest absolute Gasteiger partial charge is 0.479 e. The lowest BCUT2D eigenvalue weighted by molar-refractivity contribution is -0.194. The third-order valence-electron chi connectivity index (χ3n) is 7.71. The van der Waals surface area contributed by atoms with Gasteiger partial charge in [0, 0.05) is 25.4 Å². The van der Waals surface area contributed by atoms with Crippen LogP contribution in [0.4, 0.5) is 9.59 Å². The molecule has 3 rings (SSSR count). The van der Waals surface area contributed by atoms with Gasteiger partial charge in [-0.2, -0.15) is 0 Å². The molecule has 3 fully saturated rings. The number of nitrogens with one attached hydrogen (secondary N) is 2. The second-order valence-electron chi connectivity index (χ2n) is 13.2. The van der Waals surface area contributed by atoms with Gasteiger partial charge in [0.25, 0.3) is 0 Å². The van der Waals surface area contributed by atoms with Crippen LogP contribution in [0.5, 0.6) is 0 Å². The predicted octanol–water partition coefficient (Wildman–Crippen LogP) is 2.46. The highest BCUT2D eigenvalue weighted by Gasteiger charge is 2.61. The van der Waals surface area contributed by atoms with Gasteiger partial charge in [0.2, 0.25) is 5.91 Å². The number of ether oxygens (including phenoxy) is 2. The number of aliphatic hydroxyl groups is 1. The normalized spacial score (nSPS) is 28.3. The van der Waals surface area contributed by atoms with Gasteiger partial charge >= 0.3 is 18.1 Å². The van der Waals surface area contributed by atoms with Crippen LogP contribution in [0.15, 0.2) is 12.7 Å². The molecule has 4 N–H and O–H groups in total. The number of carboxylic acids is 1. The van der Waals surface area contributed by atoms with Crippen molar-refractivity contribution in [3.05, 3.63) is 12.7 Å². The van der Waals surface area contributed by atoms with Crippen LogP contribution in [-0.4, -0.2) is 99.3 Å². The van der Waals surface area contributed by atoms with Crippen molar-refractivity contribution in [1.82, 2.24) is 20.4 Å². The SMILES string of the molecule is C=CC1CC1(NC(=O)N1CC(OC(=O)N2CCCCC2)CC1C(=O)N[C@H](C(O)OC(C)(C)C)C(C)(C)C)C(=O)O. The summed E-state index contributed by atoms with van der Waals surface area (Å²) in [5.74, 6) is -2.19. The molecule has 40 heavy (non-hydrogen) atoms. The van der Waals surface area contributed by atoms with Crippen molar-refractivity contribution in [3.63, 3.8) is 0 Å². The minimum atomic E-state index is -1.49. The van der Waals surface area contributed by atoms with Gasteiger partial charge in [-0.1, -0.05) is 26.8 Å². The summed E-state index contributed by atoms with van der Waals surface area (Å²) in [5, 5.41) is 26.1. The molecule has 6 atom stereocenters. The number of carbonyl (C=O) groups is 4. The first kappa shape index (κ1) is 31.7. The lowest BCUT2D eigenvalue weighted by atomic mass is 9.85. The number of amides is 4. The number of carbonyl (C=O) groups excluding carboxylic acids is 3. The number of urea groups is 1. The number of nitrogens with zero attached hydrogens (tertiary/aromatic N) is 2. The lowest BCUT2D eigenvalue weighted by Crippen LogP contribution is -2.59. The Bertz CT molecular complexity index is 984. The van der Waals surface area contributed by atoms with Gasteiger partial charge in [0.05, 0.1) is 18.2 Å². The summed E-state index contributed by atoms with van der Waals surface area (Å²) >= 11 is 0. The van der Waals surface area contributed by atoms with Gasteiger partial charge in [-0.05, 0) is 51.9 Å². The van der Waals surface area contributed by atoms with E-state index in [1.165, 1.54) is 11.0 Å². The van der Waals surface area contributed by atoms with Gasteiger partial charge in [0.15, 0.2) is 6.29 Å². The number of hydrogen-bond acceptors (Lipinski definition) is 7. The second-order valence-corrected chi connectivity index (χ2v) is 13.2. The van der Waals surface area contributed by atoms with Crippen molar-refractivity contribution in [2.75, 3.05) is 19.6 Å². The molecule has 0 aromatic rings. The van der Waals surface area contributed by atoms with Gasteiger partial charge in [-0.25, -0.2) is 14.4 Å². The summed E-state index contributed by atoms with van der Waals surface area (Å²) in [6.45, 7) is 15.6. The molecule has 12 heteroatoms. The Hall–Kier alpha value is -2.86. The molecular weight excluding hydrogens is 520 g/mol. The third-order valence-corrected chi connectivity index (χ3v) is 7.71. The van der Waals surface area contributed by atoms with E-state index >= 15 is 0 Å². The maximum atomic E-state index is 13.7. The summed E-state index contributed by atoms with van der Waals surface area (Å²) in [5.41, 5.74) is -2.80. The standard InChI is InChI=1S/C28H46N4O8/c1-8-17-15-28(17,23(35)36)30-24(37)32-16-18(39-25(38)31-12-10-9-11-13-31)14-19(32)21(33)29-20(26(2,3)4)22(34)40-27(5,6)7/h8,17-20,22,34H,1,9-16H2,2-7H3,(H,29,33)(H,30,37)(H,35,36)/t17?,18?,19?,20-,22?,28?/m1/s1. The van der Waals surface area contributed by atoms with Crippen LogP contribution in [-0.2, 0) is 19.1 Å². The van der Waals surface area contributed by atoms with Crippen LogP contribution >= 0.6 is 0 Å². The van der Waals surface area contributed by atoms with Crippen LogP contribution in [0, 0.1) is 11.3 Å². The highest BCUT2D eigenvalue weighted by Crippen LogP contribution is 2.45. The molecule has 2 heterocycles. The Morgan fingerprint density at radius 3 is 2.20 bits per heavy atom. The number of aliphatic hydroxyl groups excluding tert-OH is 1. The van der Waals surface area contributed by atoms with Crippen LogP contribution in [0.2, 0.25) is 0 Å². The monoisotopic (exact) mass is 566 g/mol. The second kappa shape index (κ2) is 11.9. The molecule has 4 amide bonds. The zero-order valence-electron chi connectivity index (χ0n) is 24.6. The molecule has 0 radical (unpaired) electrons. The molecular formula is C28H46N4O8. The lowest BCUT2D eigenvalue weighted by Gasteiger charge is -2.38. The van der Waals surface area contributed by atoms with E-state index in [0.717, 1.165) is 19.3 Å². The van der Waals surface area contributed by atoms with Gasteiger partial charge in [-0.3, -0.25) is 4.79 Å². The van der Waals surface area contributed by atoms with Gasteiger partial charge in [-0.15, -0.1) is 6.58 Å². The molecule has 0 bridgehead atoms. The molecule has 226 valence electrons. The molecule has 2 aliphatic heterocycles. The van der Waals surface area contributed by atoms with Crippen LogP contribution < -0.4 is 10.6 Å². The molecule has 1 aliphatic carbocycles. The third kappa shape index (κ3) is 7.45. The smallest absolute Gasteiger partial charge is 0.410 e. The zero-order chi connectivity index (χ0) is 30.0. The fraction of sp³-hybridized carbons (Fsp3) is 0.786. The van der Waals surface area contributed by atoms with Crippen molar-refractivity contribution in [2.45, 2.75) is 109 Å². The Morgan fingerprint density at radius 1 is 1.07 bits per heavy atom. The van der Waals surface area contributed by atoms with Crippen LogP contribution in [0.25, 0.3) is 0 Å². The molecule has 0 aromatic heterocycles. The topological polar surface area (TPSA) is 158 Å². The van der Waals surface area contributed by atoms with E-state index in [-0.39, 0.29) is 19.4 Å². The van der Waals surface area contributed by atoms with Crippen molar-refractivity contribution in [1.29, 1.82) is 0 Å². The van der Waals surface area contributed by atoms with Crippen molar-refractivity contribution in [2.24, 2.45) is 11.3 Å². The first-order chi connectivity index (χ1) is 18.5. The van der Waals surface area contributed by atoms with Crippen LogP contribution in [0.3, 0.4) is 0 Å². The summed E-state index contributed by atoms with van der Waals surface area (Å²) < 4.78 is 11.4. The highest BCUT2D eigenvalue weighted by molar-refractivity contribution is 5.93. The van der Waals surface area contributed by atoms with Gasteiger partial charge < -0.3 is 40.1 Å². The first-order valence-corrected chi connectivity index (χ1v) is 14.0. The fourth-order valence-corrected chi connectivity index (χ4v) is 5.32. The Balaban J connectivity index is 1.81. The molecule has 0 spiro atoms. The molecule has 3 aliphatic rings. The summed E-state index contributed by atoms with van der Waals surface area (Å²) in [7, 11) is 0. The number of likely N-dealkylation sites (tertiary alicyclic amines) is 2. The molecule has 2 saturated heterocycles. The van der Waals surface area contributed by atoms with Crippen molar-refractivity contribution < 1.29 is 38.9 Å². The Labute approximate surface area is 236 Å². The predicted molar refractivity (Wildman–Crippen MR) is 146 cm³/mol. The van der Waals surface area contributed by atoms with Crippen molar-refractivity contribution >= 4 is 24.0 Å². The maximum Gasteiger partial charge on any atom is 0.410 e. The Kier molecular flexibility index (Phi) is 9.45. The summed E-state index contributed by atoms with van der Waals surface area (Å²) in [6, 6.07) is -2.65. The van der Waals surface area contributed by atoms with E-state index in [4.69, 9.17) is 9.47 Å². The summed E-state index contributed by atoms with van der Waals surface area (Å²) in [6.07, 6.45) is 1.91. The molecule has 12 nitrogen and oxygen atoms in total. The summed E-state index contributed by atoms with van der Waals surface area (Å²) in [4.78, 5) is 54.7. The maximum absolute atomic E-state index is 13.7.